The molecule has 1 aromatic heterocycles. The van der Waals surface area contributed by atoms with Gasteiger partial charge in [0.2, 0.25) is 0 Å². The fourth-order valence-electron chi connectivity index (χ4n) is 2.61. The van der Waals surface area contributed by atoms with Crippen LogP contribution in [0.3, 0.4) is 0 Å². The van der Waals surface area contributed by atoms with E-state index in [1.165, 1.54) is 31.9 Å². The van der Waals surface area contributed by atoms with Crippen molar-refractivity contribution in [1.29, 1.82) is 0 Å². The second kappa shape index (κ2) is 6.54. The Balaban J connectivity index is 1.86. The summed E-state index contributed by atoms with van der Waals surface area (Å²) in [6.07, 6.45) is 8.94. The van der Waals surface area contributed by atoms with Crippen molar-refractivity contribution < 1.29 is 9.53 Å². The van der Waals surface area contributed by atoms with Gasteiger partial charge >= 0.3 is 5.97 Å². The summed E-state index contributed by atoms with van der Waals surface area (Å²) in [5.74, 6) is -0.119. The zero-order chi connectivity index (χ0) is 12.8. The van der Waals surface area contributed by atoms with Gasteiger partial charge in [-0.05, 0) is 32.4 Å². The summed E-state index contributed by atoms with van der Waals surface area (Å²) in [6.45, 7) is 2.06. The largest absolute Gasteiger partial charge is 0.469 e. The molecule has 0 aromatic carbocycles. The maximum atomic E-state index is 11.1. The van der Waals surface area contributed by atoms with Crippen LogP contribution in [0.1, 0.15) is 43.7 Å². The monoisotopic (exact) mass is 251 g/mol. The third-order valence-corrected chi connectivity index (χ3v) is 3.57. The number of esters is 1. The maximum Gasteiger partial charge on any atom is 0.305 e. The van der Waals surface area contributed by atoms with Gasteiger partial charge < -0.3 is 4.74 Å². The molecular formula is C13H21N3O2. The molecule has 1 aliphatic heterocycles. The van der Waals surface area contributed by atoms with Crippen LogP contribution in [0.25, 0.3) is 0 Å². The Labute approximate surface area is 108 Å². The topological polar surface area (TPSA) is 58.2 Å². The third kappa shape index (κ3) is 3.32. The molecule has 1 aromatic rings. The molecule has 0 bridgehead atoms. The predicted octanol–water partition coefficient (Wildman–Crippen LogP) is 1.89. The van der Waals surface area contributed by atoms with E-state index in [-0.39, 0.29) is 5.97 Å². The van der Waals surface area contributed by atoms with Crippen LogP contribution in [-0.4, -0.2) is 41.3 Å². The number of hydrogen-bond donors (Lipinski definition) is 1. The molecule has 0 radical (unpaired) electrons. The van der Waals surface area contributed by atoms with Gasteiger partial charge in [-0.15, -0.1) is 0 Å². The van der Waals surface area contributed by atoms with Gasteiger partial charge in [0.05, 0.1) is 13.3 Å². The quantitative estimate of drug-likeness (QED) is 0.812. The zero-order valence-corrected chi connectivity index (χ0v) is 10.9. The van der Waals surface area contributed by atoms with Crippen LogP contribution >= 0.6 is 0 Å². The minimum atomic E-state index is -0.119. The van der Waals surface area contributed by atoms with E-state index in [1.807, 2.05) is 12.4 Å². The lowest BCUT2D eigenvalue weighted by Crippen LogP contribution is -2.34. The molecule has 1 saturated heterocycles. The minimum absolute atomic E-state index is 0.119. The van der Waals surface area contributed by atoms with Crippen LogP contribution in [0.4, 0.5) is 0 Å². The minimum Gasteiger partial charge on any atom is -0.469 e. The van der Waals surface area contributed by atoms with Crippen LogP contribution in [0.2, 0.25) is 0 Å². The standard InChI is InChI=1S/C13H21N3O2/c1-18-13(17)6-4-8-16-7-3-2-5-12(16)11-9-14-15-10-11/h9-10,12H,2-8H2,1H3,(H,14,15). The van der Waals surface area contributed by atoms with E-state index in [0.717, 1.165) is 19.5 Å². The highest BCUT2D eigenvalue weighted by molar-refractivity contribution is 5.69. The first kappa shape index (κ1) is 13.1. The van der Waals surface area contributed by atoms with E-state index in [1.54, 1.807) is 0 Å². The van der Waals surface area contributed by atoms with E-state index >= 15 is 0 Å². The molecule has 100 valence electrons. The van der Waals surface area contributed by atoms with Crippen molar-refractivity contribution in [3.05, 3.63) is 18.0 Å². The van der Waals surface area contributed by atoms with Crippen LogP contribution in [0.15, 0.2) is 12.4 Å². The molecule has 0 amide bonds. The Morgan fingerprint density at radius 3 is 3.22 bits per heavy atom. The van der Waals surface area contributed by atoms with Gasteiger partial charge in [0, 0.05) is 24.2 Å². The van der Waals surface area contributed by atoms with Gasteiger partial charge in [0.25, 0.3) is 0 Å². The lowest BCUT2D eigenvalue weighted by molar-refractivity contribution is -0.140. The van der Waals surface area contributed by atoms with Crippen molar-refractivity contribution in [2.24, 2.45) is 0 Å². The predicted molar refractivity (Wildman–Crippen MR) is 68.0 cm³/mol. The Morgan fingerprint density at radius 2 is 2.50 bits per heavy atom. The number of rotatable bonds is 5. The fourth-order valence-corrected chi connectivity index (χ4v) is 2.61. The summed E-state index contributed by atoms with van der Waals surface area (Å²) in [7, 11) is 1.44. The number of aromatic amines is 1. The molecule has 5 nitrogen and oxygen atoms in total. The number of H-pyrrole nitrogens is 1. The van der Waals surface area contributed by atoms with E-state index in [4.69, 9.17) is 0 Å². The molecule has 0 spiro atoms. The van der Waals surface area contributed by atoms with Crippen molar-refractivity contribution in [1.82, 2.24) is 15.1 Å². The van der Waals surface area contributed by atoms with Gasteiger partial charge in [-0.25, -0.2) is 0 Å². The van der Waals surface area contributed by atoms with Gasteiger partial charge in [-0.1, -0.05) is 6.42 Å². The molecule has 0 saturated carbocycles. The third-order valence-electron chi connectivity index (χ3n) is 3.57. The number of carbonyl (C=O) groups is 1. The number of methoxy groups -OCH3 is 1. The van der Waals surface area contributed by atoms with Crippen LogP contribution in [-0.2, 0) is 9.53 Å². The summed E-state index contributed by atoms with van der Waals surface area (Å²) in [4.78, 5) is 13.6. The smallest absolute Gasteiger partial charge is 0.305 e. The molecule has 5 heteroatoms. The first-order valence-corrected chi connectivity index (χ1v) is 6.61. The number of nitrogens with zero attached hydrogens (tertiary/aromatic N) is 2. The van der Waals surface area contributed by atoms with Gasteiger partial charge in [0.1, 0.15) is 0 Å². The number of aromatic nitrogens is 2. The van der Waals surface area contributed by atoms with E-state index in [0.29, 0.717) is 12.5 Å². The molecule has 0 aliphatic carbocycles. The average Bonchev–Trinajstić information content (AvgIpc) is 2.93. The Bertz CT molecular complexity index is 364. The molecule has 1 atom stereocenters. The molecule has 18 heavy (non-hydrogen) atoms. The highest BCUT2D eigenvalue weighted by Gasteiger charge is 2.24. The second-order valence-electron chi connectivity index (χ2n) is 4.76. The van der Waals surface area contributed by atoms with Crippen molar-refractivity contribution in [2.45, 2.75) is 38.1 Å². The number of hydrogen-bond acceptors (Lipinski definition) is 4. The summed E-state index contributed by atoms with van der Waals surface area (Å²) < 4.78 is 4.67. The summed E-state index contributed by atoms with van der Waals surface area (Å²) >= 11 is 0. The Hall–Kier alpha value is -1.36. The second-order valence-corrected chi connectivity index (χ2v) is 4.76. The van der Waals surface area contributed by atoms with Crippen molar-refractivity contribution in [3.63, 3.8) is 0 Å². The molecular weight excluding hydrogens is 230 g/mol. The number of piperidine rings is 1. The molecule has 1 unspecified atom stereocenters. The van der Waals surface area contributed by atoms with Gasteiger partial charge in [-0.3, -0.25) is 14.8 Å². The first-order valence-electron chi connectivity index (χ1n) is 6.61. The highest BCUT2D eigenvalue weighted by Crippen LogP contribution is 2.30. The van der Waals surface area contributed by atoms with Crippen molar-refractivity contribution >= 4 is 5.97 Å². The van der Waals surface area contributed by atoms with Gasteiger partial charge in [0.15, 0.2) is 0 Å². The van der Waals surface area contributed by atoms with Crippen LogP contribution in [0.5, 0.6) is 0 Å². The molecule has 1 fully saturated rings. The molecule has 1 aliphatic rings. The van der Waals surface area contributed by atoms with Gasteiger partial charge in [-0.2, -0.15) is 5.10 Å². The Kier molecular flexibility index (Phi) is 4.75. The maximum absolute atomic E-state index is 11.1. The van der Waals surface area contributed by atoms with Crippen molar-refractivity contribution in [3.8, 4) is 0 Å². The summed E-state index contributed by atoms with van der Waals surface area (Å²) in [6, 6.07) is 0.454. The van der Waals surface area contributed by atoms with E-state index in [2.05, 4.69) is 19.8 Å². The summed E-state index contributed by atoms with van der Waals surface area (Å²) in [5, 5.41) is 6.91. The number of carbonyl (C=O) groups excluding carboxylic acids is 1. The zero-order valence-electron chi connectivity index (χ0n) is 10.9. The molecule has 2 rings (SSSR count). The SMILES string of the molecule is COC(=O)CCCN1CCCCC1c1cn[nH]c1. The normalized spacial score (nSPS) is 20.8. The van der Waals surface area contributed by atoms with E-state index < -0.39 is 0 Å². The fraction of sp³-hybridized carbons (Fsp3) is 0.692. The lowest BCUT2D eigenvalue weighted by Gasteiger charge is -2.35. The van der Waals surface area contributed by atoms with E-state index in [9.17, 15) is 4.79 Å². The van der Waals surface area contributed by atoms with Crippen LogP contribution in [0, 0.1) is 0 Å². The summed E-state index contributed by atoms with van der Waals surface area (Å²) in [5.41, 5.74) is 1.26. The average molecular weight is 251 g/mol. The first-order chi connectivity index (χ1) is 8.81. The van der Waals surface area contributed by atoms with Crippen LogP contribution < -0.4 is 0 Å². The number of ether oxygens (including phenoxy) is 1. The molecule has 2 heterocycles. The number of likely N-dealkylation sites (tertiary alicyclic amines) is 1. The highest BCUT2D eigenvalue weighted by atomic mass is 16.5. The lowest BCUT2D eigenvalue weighted by atomic mass is 9.97. The number of nitrogens with one attached hydrogen (secondary N) is 1. The van der Waals surface area contributed by atoms with Crippen molar-refractivity contribution in [2.75, 3.05) is 20.2 Å². The Morgan fingerprint density at radius 1 is 1.61 bits per heavy atom. The molecule has 1 N–H and O–H groups in total.